The first-order chi connectivity index (χ1) is 18.2. The van der Waals surface area contributed by atoms with Gasteiger partial charge in [0.1, 0.15) is 17.3 Å². The van der Waals surface area contributed by atoms with Crippen LogP contribution in [-0.4, -0.2) is 40.0 Å². The highest BCUT2D eigenvalue weighted by molar-refractivity contribution is 6.51. The Labute approximate surface area is 228 Å². The molecular formula is C28H23Cl2N3O5. The van der Waals surface area contributed by atoms with E-state index in [9.17, 15) is 14.7 Å². The molecule has 38 heavy (non-hydrogen) atoms. The van der Waals surface area contributed by atoms with Crippen molar-refractivity contribution in [2.45, 2.75) is 26.0 Å². The zero-order chi connectivity index (χ0) is 27.1. The van der Waals surface area contributed by atoms with Gasteiger partial charge in [0.15, 0.2) is 0 Å². The molecule has 10 heteroatoms. The number of ketones is 1. The zero-order valence-electron chi connectivity index (χ0n) is 20.7. The van der Waals surface area contributed by atoms with Gasteiger partial charge in [0.05, 0.1) is 46.4 Å². The molecule has 1 unspecified atom stereocenters. The highest BCUT2D eigenvalue weighted by atomic mass is 35.5. The number of anilines is 1. The molecule has 3 aromatic carbocycles. The van der Waals surface area contributed by atoms with E-state index in [4.69, 9.17) is 32.7 Å². The molecule has 1 aliphatic heterocycles. The maximum absolute atomic E-state index is 13.5. The molecule has 2 heterocycles. The molecule has 0 spiro atoms. The number of hydrogen-bond acceptors (Lipinski definition) is 6. The van der Waals surface area contributed by atoms with Gasteiger partial charge in [-0.1, -0.05) is 47.5 Å². The number of carbonyl (C=O) groups excluding carboxylic acids is 2. The molecule has 0 aliphatic carbocycles. The number of ether oxygens (including phenoxy) is 2. The second-order valence-electron chi connectivity index (χ2n) is 8.95. The van der Waals surface area contributed by atoms with E-state index in [1.54, 1.807) is 30.3 Å². The zero-order valence-corrected chi connectivity index (χ0v) is 22.2. The summed E-state index contributed by atoms with van der Waals surface area (Å²) in [6, 6.07) is 16.1. The van der Waals surface area contributed by atoms with Crippen molar-refractivity contribution in [1.29, 1.82) is 0 Å². The number of aliphatic hydroxyl groups excluding tert-OH is 1. The van der Waals surface area contributed by atoms with Gasteiger partial charge in [0.2, 0.25) is 5.95 Å². The molecular weight excluding hydrogens is 529 g/mol. The standard InChI is InChI=1S/C28H23Cl2N3O5/c1-14(2)38-17-10-8-15(9-11-17)23-22(24(34)18-12-16(29)13-19(30)26(18)37-3)25(35)27(36)33(23)28-31-20-6-4-5-7-21(20)32-28/h4-14,23,34H,1-3H3,(H,31,32)/b24-22+. The van der Waals surface area contributed by atoms with E-state index >= 15 is 0 Å². The lowest BCUT2D eigenvalue weighted by Crippen LogP contribution is -2.30. The molecule has 8 nitrogen and oxygen atoms in total. The highest BCUT2D eigenvalue weighted by Crippen LogP contribution is 2.44. The number of H-pyrrole nitrogens is 1. The van der Waals surface area contributed by atoms with E-state index in [1.807, 2.05) is 32.0 Å². The molecule has 0 radical (unpaired) electrons. The van der Waals surface area contributed by atoms with Crippen LogP contribution in [0.5, 0.6) is 11.5 Å². The number of methoxy groups -OCH3 is 1. The monoisotopic (exact) mass is 551 g/mol. The first-order valence-electron chi connectivity index (χ1n) is 11.8. The molecule has 0 bridgehead atoms. The van der Waals surface area contributed by atoms with E-state index in [1.165, 1.54) is 24.1 Å². The number of carbonyl (C=O) groups is 2. The predicted molar refractivity (Wildman–Crippen MR) is 146 cm³/mol. The van der Waals surface area contributed by atoms with Crippen LogP contribution in [0.1, 0.15) is 31.0 Å². The molecule has 1 atom stereocenters. The maximum atomic E-state index is 13.5. The number of aromatic nitrogens is 2. The number of nitrogens with one attached hydrogen (secondary N) is 1. The second kappa shape index (κ2) is 10.0. The largest absolute Gasteiger partial charge is 0.507 e. The normalized spacial score (nSPS) is 17.0. The summed E-state index contributed by atoms with van der Waals surface area (Å²) in [6.45, 7) is 3.82. The van der Waals surface area contributed by atoms with Crippen LogP contribution in [0.3, 0.4) is 0 Å². The first-order valence-corrected chi connectivity index (χ1v) is 12.5. The van der Waals surface area contributed by atoms with E-state index in [2.05, 4.69) is 9.97 Å². The minimum Gasteiger partial charge on any atom is -0.507 e. The third kappa shape index (κ3) is 4.46. The van der Waals surface area contributed by atoms with Gasteiger partial charge >= 0.3 is 5.91 Å². The first kappa shape index (κ1) is 25.6. The van der Waals surface area contributed by atoms with Crippen LogP contribution in [0, 0.1) is 0 Å². The lowest BCUT2D eigenvalue weighted by Gasteiger charge is -2.23. The number of halogens is 2. The van der Waals surface area contributed by atoms with Crippen molar-refractivity contribution in [2.75, 3.05) is 12.0 Å². The van der Waals surface area contributed by atoms with Gasteiger partial charge in [-0.3, -0.25) is 14.5 Å². The Morgan fingerprint density at radius 3 is 2.45 bits per heavy atom. The Bertz CT molecular complexity index is 1560. The summed E-state index contributed by atoms with van der Waals surface area (Å²) in [7, 11) is 1.38. The molecule has 1 aliphatic rings. The smallest absolute Gasteiger partial charge is 0.302 e. The van der Waals surface area contributed by atoms with Gasteiger partial charge in [-0.15, -0.1) is 0 Å². The SMILES string of the molecule is COc1c(Cl)cc(Cl)cc1/C(O)=C1\C(=O)C(=O)N(c2nc3ccccc3[nH]2)C1c1ccc(OC(C)C)cc1. The van der Waals surface area contributed by atoms with E-state index in [0.717, 1.165) is 0 Å². The van der Waals surface area contributed by atoms with Gasteiger partial charge in [-0.05, 0) is 55.8 Å². The van der Waals surface area contributed by atoms with Crippen molar-refractivity contribution in [3.63, 3.8) is 0 Å². The van der Waals surface area contributed by atoms with Gasteiger partial charge in [0, 0.05) is 5.02 Å². The lowest BCUT2D eigenvalue weighted by molar-refractivity contribution is -0.132. The minimum atomic E-state index is -1.02. The summed E-state index contributed by atoms with van der Waals surface area (Å²) in [5, 5.41) is 11.9. The Balaban J connectivity index is 1.73. The van der Waals surface area contributed by atoms with Crippen molar-refractivity contribution >= 4 is 57.6 Å². The maximum Gasteiger partial charge on any atom is 0.302 e. The Kier molecular flexibility index (Phi) is 6.77. The number of nitrogens with zero attached hydrogens (tertiary/aromatic N) is 2. The molecule has 1 saturated heterocycles. The molecule has 4 aromatic rings. The van der Waals surface area contributed by atoms with Crippen molar-refractivity contribution < 1.29 is 24.2 Å². The fourth-order valence-electron chi connectivity index (χ4n) is 4.51. The summed E-state index contributed by atoms with van der Waals surface area (Å²) >= 11 is 12.5. The number of aliphatic hydroxyl groups is 1. The minimum absolute atomic E-state index is 0.0397. The number of rotatable bonds is 6. The van der Waals surface area contributed by atoms with Crippen LogP contribution in [-0.2, 0) is 9.59 Å². The molecule has 5 rings (SSSR count). The lowest BCUT2D eigenvalue weighted by atomic mass is 9.95. The summed E-state index contributed by atoms with van der Waals surface area (Å²) in [5.41, 5.74) is 1.77. The third-order valence-electron chi connectivity index (χ3n) is 6.08. The predicted octanol–water partition coefficient (Wildman–Crippen LogP) is 6.29. The topological polar surface area (TPSA) is 105 Å². The van der Waals surface area contributed by atoms with Crippen LogP contribution in [0.15, 0.2) is 66.2 Å². The molecule has 2 N–H and O–H groups in total. The summed E-state index contributed by atoms with van der Waals surface area (Å²) < 4.78 is 11.1. The Morgan fingerprint density at radius 1 is 1.08 bits per heavy atom. The number of Topliss-reactive ketones (excluding diaryl/α,β-unsaturated/α-hetero) is 1. The fraction of sp³-hybridized carbons (Fsp3) is 0.179. The van der Waals surface area contributed by atoms with Gasteiger partial charge in [-0.2, -0.15) is 0 Å². The van der Waals surface area contributed by atoms with Gasteiger partial charge in [0.25, 0.3) is 5.78 Å². The molecule has 0 saturated carbocycles. The summed E-state index contributed by atoms with van der Waals surface area (Å²) in [5.74, 6) is -1.33. The van der Waals surface area contributed by atoms with Crippen molar-refractivity contribution in [1.82, 2.24) is 9.97 Å². The van der Waals surface area contributed by atoms with Crippen molar-refractivity contribution in [3.8, 4) is 11.5 Å². The van der Waals surface area contributed by atoms with Crippen LogP contribution >= 0.6 is 23.2 Å². The Morgan fingerprint density at radius 2 is 1.79 bits per heavy atom. The van der Waals surface area contributed by atoms with E-state index in [0.29, 0.717) is 22.3 Å². The fourth-order valence-corrected chi connectivity index (χ4v) is 5.08. The van der Waals surface area contributed by atoms with Gasteiger partial charge < -0.3 is 19.6 Å². The number of amides is 1. The number of imidazole rings is 1. The number of benzene rings is 3. The van der Waals surface area contributed by atoms with Crippen LogP contribution in [0.2, 0.25) is 10.0 Å². The van der Waals surface area contributed by atoms with Gasteiger partial charge in [-0.25, -0.2) is 4.98 Å². The van der Waals surface area contributed by atoms with E-state index in [-0.39, 0.29) is 39.0 Å². The molecule has 1 amide bonds. The van der Waals surface area contributed by atoms with Crippen molar-refractivity contribution in [3.05, 3.63) is 87.4 Å². The molecule has 194 valence electrons. The van der Waals surface area contributed by atoms with Crippen molar-refractivity contribution in [2.24, 2.45) is 0 Å². The molecule has 1 fully saturated rings. The number of aromatic amines is 1. The summed E-state index contributed by atoms with van der Waals surface area (Å²) in [4.78, 5) is 35.9. The van der Waals surface area contributed by atoms with E-state index < -0.39 is 23.5 Å². The summed E-state index contributed by atoms with van der Waals surface area (Å²) in [6.07, 6.45) is -0.0397. The third-order valence-corrected chi connectivity index (χ3v) is 6.58. The Hall–Kier alpha value is -4.01. The van der Waals surface area contributed by atoms with Crippen LogP contribution in [0.25, 0.3) is 16.8 Å². The molecule has 1 aromatic heterocycles. The quantitative estimate of drug-likeness (QED) is 0.166. The number of para-hydroxylation sites is 2. The number of hydrogen-bond donors (Lipinski definition) is 2. The average molecular weight is 552 g/mol. The average Bonchev–Trinajstić information content (AvgIpc) is 3.41. The van der Waals surface area contributed by atoms with Crippen LogP contribution in [0.4, 0.5) is 5.95 Å². The highest BCUT2D eigenvalue weighted by Gasteiger charge is 2.48. The second-order valence-corrected chi connectivity index (χ2v) is 9.79. The number of fused-ring (bicyclic) bond motifs is 1. The van der Waals surface area contributed by atoms with Crippen LogP contribution < -0.4 is 14.4 Å².